The van der Waals surface area contributed by atoms with Gasteiger partial charge in [0.05, 0.1) is 11.2 Å². The van der Waals surface area contributed by atoms with Crippen LogP contribution in [0.3, 0.4) is 0 Å². The minimum atomic E-state index is -3.83. The fraction of sp³-hybridized carbons (Fsp3) is 0.125. The molecule has 0 aliphatic rings. The summed E-state index contributed by atoms with van der Waals surface area (Å²) in [5.41, 5.74) is 0.0165. The minimum Gasteiger partial charge on any atom is -0.268 e. The third kappa shape index (κ3) is 4.13. The van der Waals surface area contributed by atoms with Crippen LogP contribution in [0.4, 0.5) is 0 Å². The van der Waals surface area contributed by atoms with E-state index in [1.54, 1.807) is 4.72 Å². The molecule has 0 aromatic heterocycles. The Labute approximate surface area is 98.7 Å². The summed E-state index contributed by atoms with van der Waals surface area (Å²) in [5.74, 6) is -0.839. The number of nitrogens with two attached hydrogens (primary N) is 1. The second-order valence-corrected chi connectivity index (χ2v) is 6.58. The Morgan fingerprint density at radius 3 is 1.94 bits per heavy atom. The lowest BCUT2D eigenvalue weighted by atomic mass is 10.2. The number of carbonyl (C=O) groups is 1. The van der Waals surface area contributed by atoms with Crippen molar-refractivity contribution in [3.05, 3.63) is 29.8 Å². The second-order valence-electron chi connectivity index (χ2n) is 3.27. The van der Waals surface area contributed by atoms with Crippen LogP contribution in [-0.2, 0) is 20.0 Å². The number of hydrogen-bond acceptors (Lipinski definition) is 5. The van der Waals surface area contributed by atoms with Gasteiger partial charge in [-0.25, -0.2) is 26.7 Å². The summed E-state index contributed by atoms with van der Waals surface area (Å²) < 4.78 is 45.2. The molecule has 0 atom stereocenters. The molecule has 0 saturated carbocycles. The fourth-order valence-electron chi connectivity index (χ4n) is 1.02. The molecular formula is C8H10N2O5S2. The van der Waals surface area contributed by atoms with E-state index in [-0.39, 0.29) is 10.5 Å². The van der Waals surface area contributed by atoms with Gasteiger partial charge in [-0.3, -0.25) is 4.79 Å². The topological polar surface area (TPSA) is 123 Å². The zero-order valence-electron chi connectivity index (χ0n) is 8.74. The number of hydrogen-bond donors (Lipinski definition) is 2. The zero-order valence-corrected chi connectivity index (χ0v) is 10.4. The van der Waals surface area contributed by atoms with E-state index in [2.05, 4.69) is 0 Å². The molecule has 1 aromatic carbocycles. The predicted octanol–water partition coefficient (Wildman–Crippen LogP) is -0.977. The molecule has 94 valence electrons. The van der Waals surface area contributed by atoms with Crippen molar-refractivity contribution in [3.63, 3.8) is 0 Å². The Bertz CT molecular complexity index is 631. The summed E-state index contributed by atoms with van der Waals surface area (Å²) in [7, 11) is -7.48. The Balaban J connectivity index is 3.00. The Morgan fingerprint density at radius 1 is 1.12 bits per heavy atom. The first kappa shape index (κ1) is 13.6. The first-order valence-corrected chi connectivity index (χ1v) is 7.68. The van der Waals surface area contributed by atoms with Gasteiger partial charge in [-0.05, 0) is 24.3 Å². The van der Waals surface area contributed by atoms with Gasteiger partial charge >= 0.3 is 0 Å². The summed E-state index contributed by atoms with van der Waals surface area (Å²) in [6, 6.07) is 4.57. The number of sulfonamides is 2. The summed E-state index contributed by atoms with van der Waals surface area (Å²) in [6.07, 6.45) is 0.837. The Kier molecular flexibility index (Phi) is 3.55. The van der Waals surface area contributed by atoms with E-state index in [1.165, 1.54) is 12.1 Å². The SMILES string of the molecule is CS(=O)(=O)NC(=O)c1ccc(S(N)(=O)=O)cc1. The summed E-state index contributed by atoms with van der Waals surface area (Å²) in [4.78, 5) is 11.2. The van der Waals surface area contributed by atoms with E-state index in [0.29, 0.717) is 0 Å². The normalized spacial score (nSPS) is 12.1. The molecule has 7 nitrogen and oxygen atoms in total. The average Bonchev–Trinajstić information content (AvgIpc) is 2.14. The third-order valence-corrected chi connectivity index (χ3v) is 3.21. The highest BCUT2D eigenvalue weighted by Gasteiger charge is 2.12. The van der Waals surface area contributed by atoms with Crippen LogP contribution in [0, 0.1) is 0 Å². The lowest BCUT2D eigenvalue weighted by Gasteiger charge is -2.03. The van der Waals surface area contributed by atoms with Crippen LogP contribution in [0.1, 0.15) is 10.4 Å². The molecule has 0 radical (unpaired) electrons. The molecule has 1 aromatic rings. The molecule has 3 N–H and O–H groups in total. The first-order valence-electron chi connectivity index (χ1n) is 4.24. The summed E-state index contributed by atoms with van der Waals surface area (Å²) >= 11 is 0. The minimum absolute atomic E-state index is 0.0165. The average molecular weight is 278 g/mol. The van der Waals surface area contributed by atoms with Gasteiger partial charge in [-0.2, -0.15) is 0 Å². The van der Waals surface area contributed by atoms with E-state index in [4.69, 9.17) is 5.14 Å². The highest BCUT2D eigenvalue weighted by atomic mass is 32.2. The highest BCUT2D eigenvalue weighted by Crippen LogP contribution is 2.08. The summed E-state index contributed by atoms with van der Waals surface area (Å²) in [6.45, 7) is 0. The Hall–Kier alpha value is -1.45. The van der Waals surface area contributed by atoms with Crippen molar-refractivity contribution in [2.75, 3.05) is 6.26 Å². The van der Waals surface area contributed by atoms with Crippen LogP contribution >= 0.6 is 0 Å². The molecular weight excluding hydrogens is 268 g/mol. The number of carbonyl (C=O) groups excluding carboxylic acids is 1. The summed E-state index contributed by atoms with van der Waals surface area (Å²) in [5, 5.41) is 4.86. The maximum absolute atomic E-state index is 11.4. The molecule has 0 fully saturated rings. The number of primary sulfonamides is 1. The van der Waals surface area contributed by atoms with Crippen molar-refractivity contribution in [1.82, 2.24) is 4.72 Å². The molecule has 0 unspecified atom stereocenters. The monoisotopic (exact) mass is 278 g/mol. The quantitative estimate of drug-likeness (QED) is 0.735. The molecule has 0 bridgehead atoms. The highest BCUT2D eigenvalue weighted by molar-refractivity contribution is 7.89. The molecule has 1 rings (SSSR count). The van der Waals surface area contributed by atoms with Gasteiger partial charge in [-0.1, -0.05) is 0 Å². The van der Waals surface area contributed by atoms with Crippen LogP contribution < -0.4 is 9.86 Å². The molecule has 0 heterocycles. The number of nitrogens with one attached hydrogen (secondary N) is 1. The molecule has 0 saturated heterocycles. The maximum atomic E-state index is 11.4. The van der Waals surface area contributed by atoms with Gasteiger partial charge in [-0.15, -0.1) is 0 Å². The lowest BCUT2D eigenvalue weighted by molar-refractivity contribution is 0.0981. The first-order chi connectivity index (χ1) is 7.59. The molecule has 0 aliphatic carbocycles. The number of amides is 1. The molecule has 9 heteroatoms. The van der Waals surface area contributed by atoms with Crippen LogP contribution in [0.15, 0.2) is 29.2 Å². The van der Waals surface area contributed by atoms with Crippen LogP contribution in [0.2, 0.25) is 0 Å². The van der Waals surface area contributed by atoms with E-state index in [9.17, 15) is 21.6 Å². The molecule has 0 spiro atoms. The number of rotatable bonds is 3. The smallest absolute Gasteiger partial charge is 0.264 e. The van der Waals surface area contributed by atoms with Crippen molar-refractivity contribution in [2.45, 2.75) is 4.90 Å². The van der Waals surface area contributed by atoms with E-state index < -0.39 is 26.0 Å². The van der Waals surface area contributed by atoms with Crippen molar-refractivity contribution >= 4 is 26.0 Å². The van der Waals surface area contributed by atoms with Crippen LogP contribution in [-0.4, -0.2) is 29.0 Å². The molecule has 17 heavy (non-hydrogen) atoms. The van der Waals surface area contributed by atoms with Gasteiger partial charge < -0.3 is 0 Å². The molecule has 0 aliphatic heterocycles. The second kappa shape index (κ2) is 4.43. The van der Waals surface area contributed by atoms with Crippen molar-refractivity contribution in [2.24, 2.45) is 5.14 Å². The Morgan fingerprint density at radius 2 is 1.59 bits per heavy atom. The van der Waals surface area contributed by atoms with E-state index in [1.807, 2.05) is 0 Å². The zero-order chi connectivity index (χ0) is 13.3. The van der Waals surface area contributed by atoms with E-state index in [0.717, 1.165) is 18.4 Å². The van der Waals surface area contributed by atoms with Gasteiger partial charge in [0.25, 0.3) is 5.91 Å². The standard InChI is InChI=1S/C8H10N2O5S2/c1-16(12,13)10-8(11)6-2-4-7(5-3-6)17(9,14)15/h2-5H,1H3,(H,10,11)(H2,9,14,15). The fourth-order valence-corrected chi connectivity index (χ4v) is 1.99. The number of benzene rings is 1. The van der Waals surface area contributed by atoms with E-state index >= 15 is 0 Å². The van der Waals surface area contributed by atoms with Crippen LogP contribution in [0.25, 0.3) is 0 Å². The van der Waals surface area contributed by atoms with Gasteiger partial charge in [0.2, 0.25) is 20.0 Å². The van der Waals surface area contributed by atoms with Gasteiger partial charge in [0, 0.05) is 5.56 Å². The van der Waals surface area contributed by atoms with Gasteiger partial charge in [0.15, 0.2) is 0 Å². The van der Waals surface area contributed by atoms with Crippen molar-refractivity contribution in [1.29, 1.82) is 0 Å². The van der Waals surface area contributed by atoms with Crippen molar-refractivity contribution < 1.29 is 21.6 Å². The lowest BCUT2D eigenvalue weighted by Crippen LogP contribution is -2.29. The van der Waals surface area contributed by atoms with Crippen molar-refractivity contribution in [3.8, 4) is 0 Å². The maximum Gasteiger partial charge on any atom is 0.264 e. The van der Waals surface area contributed by atoms with Gasteiger partial charge in [0.1, 0.15) is 0 Å². The third-order valence-electron chi connectivity index (χ3n) is 1.72. The molecule has 1 amide bonds. The largest absolute Gasteiger partial charge is 0.268 e. The predicted molar refractivity (Wildman–Crippen MR) is 60.1 cm³/mol. The van der Waals surface area contributed by atoms with Crippen LogP contribution in [0.5, 0.6) is 0 Å².